The molecule has 8 heteroatoms. The zero-order valence-electron chi connectivity index (χ0n) is 15.2. The average molecular weight is 412 g/mol. The second-order valence-corrected chi connectivity index (χ2v) is 7.84. The molecule has 0 saturated carbocycles. The van der Waals surface area contributed by atoms with Crippen LogP contribution >= 0.6 is 22.7 Å². The number of hydrogen-bond acceptors (Lipinski definition) is 7. The molecule has 0 aliphatic rings. The van der Waals surface area contributed by atoms with Crippen molar-refractivity contribution in [2.45, 2.75) is 0 Å². The topological polar surface area (TPSA) is 86.5 Å². The number of methoxy groups -OCH3 is 2. The molecule has 0 fully saturated rings. The first-order chi connectivity index (χ1) is 13.6. The molecule has 0 unspecified atom stereocenters. The van der Waals surface area contributed by atoms with Crippen LogP contribution in [0.15, 0.2) is 47.8 Å². The van der Waals surface area contributed by atoms with Gasteiger partial charge >= 0.3 is 0 Å². The number of amides is 1. The molecule has 0 radical (unpaired) electrons. The molecule has 0 aliphatic heterocycles. The Morgan fingerprint density at radius 2 is 2.00 bits per heavy atom. The largest absolute Gasteiger partial charge is 0.497 e. The van der Waals surface area contributed by atoms with Crippen molar-refractivity contribution in [3.05, 3.63) is 52.7 Å². The van der Waals surface area contributed by atoms with E-state index >= 15 is 0 Å². The van der Waals surface area contributed by atoms with Crippen molar-refractivity contribution in [1.29, 1.82) is 0 Å². The summed E-state index contributed by atoms with van der Waals surface area (Å²) < 4.78 is 10.5. The highest BCUT2D eigenvalue weighted by Gasteiger charge is 2.19. The van der Waals surface area contributed by atoms with E-state index in [1.54, 1.807) is 36.6 Å². The predicted octanol–water partition coefficient (Wildman–Crippen LogP) is 4.88. The molecular formula is C20H17N3O3S2. The zero-order chi connectivity index (χ0) is 19.7. The van der Waals surface area contributed by atoms with Crippen LogP contribution in [-0.4, -0.2) is 25.1 Å². The predicted molar refractivity (Wildman–Crippen MR) is 115 cm³/mol. The third-order valence-electron chi connectivity index (χ3n) is 4.23. The minimum Gasteiger partial charge on any atom is -0.497 e. The van der Waals surface area contributed by atoms with Gasteiger partial charge in [0.2, 0.25) is 0 Å². The Morgan fingerprint density at radius 3 is 2.71 bits per heavy atom. The van der Waals surface area contributed by atoms with Crippen molar-refractivity contribution in [2.75, 3.05) is 25.3 Å². The summed E-state index contributed by atoms with van der Waals surface area (Å²) in [5.74, 6) is 0.841. The van der Waals surface area contributed by atoms with Gasteiger partial charge in [-0.3, -0.25) is 4.79 Å². The monoisotopic (exact) mass is 411 g/mol. The van der Waals surface area contributed by atoms with Gasteiger partial charge in [0.15, 0.2) is 0 Å². The lowest BCUT2D eigenvalue weighted by molar-refractivity contribution is 0.103. The standard InChI is InChI=1S/C20H17N3O3S2/c1-25-11-5-7-13(15(10-11)26-2)22-19(24)18-17(21)12-6-8-14(23-20(12)28-18)16-4-3-9-27-16/h3-10H,21H2,1-2H3,(H,22,24). The molecule has 0 bridgehead atoms. The maximum atomic E-state index is 12.8. The van der Waals surface area contributed by atoms with Gasteiger partial charge in [-0.05, 0) is 35.7 Å². The number of ether oxygens (including phenoxy) is 2. The molecule has 3 heterocycles. The molecule has 3 aromatic heterocycles. The summed E-state index contributed by atoms with van der Waals surface area (Å²) in [7, 11) is 3.11. The van der Waals surface area contributed by atoms with E-state index in [0.29, 0.717) is 27.8 Å². The summed E-state index contributed by atoms with van der Waals surface area (Å²) in [4.78, 5) is 19.7. The van der Waals surface area contributed by atoms with Gasteiger partial charge in [0.25, 0.3) is 5.91 Å². The van der Waals surface area contributed by atoms with E-state index in [0.717, 1.165) is 20.8 Å². The Kier molecular flexibility index (Phi) is 4.89. The number of nitrogens with two attached hydrogens (primary N) is 1. The number of thiophene rings is 2. The Bertz CT molecular complexity index is 1150. The Balaban J connectivity index is 1.67. The molecular weight excluding hydrogens is 394 g/mol. The fourth-order valence-corrected chi connectivity index (χ4v) is 4.49. The number of pyridine rings is 1. The lowest BCUT2D eigenvalue weighted by Gasteiger charge is -2.11. The maximum Gasteiger partial charge on any atom is 0.268 e. The van der Waals surface area contributed by atoms with Crippen LogP contribution in [0, 0.1) is 0 Å². The summed E-state index contributed by atoms with van der Waals surface area (Å²) in [6, 6.07) is 13.0. The summed E-state index contributed by atoms with van der Waals surface area (Å²) >= 11 is 2.89. The SMILES string of the molecule is COc1ccc(NC(=O)c2sc3nc(-c4cccs4)ccc3c2N)c(OC)c1. The zero-order valence-corrected chi connectivity index (χ0v) is 16.8. The number of fused-ring (bicyclic) bond motifs is 1. The molecule has 4 rings (SSSR count). The third-order valence-corrected chi connectivity index (χ3v) is 6.24. The molecule has 0 atom stereocenters. The highest BCUT2D eigenvalue weighted by atomic mass is 32.1. The van der Waals surface area contributed by atoms with Gasteiger partial charge in [0, 0.05) is 11.5 Å². The van der Waals surface area contributed by atoms with Crippen LogP contribution in [0.4, 0.5) is 11.4 Å². The van der Waals surface area contributed by atoms with Gasteiger partial charge < -0.3 is 20.5 Å². The van der Waals surface area contributed by atoms with E-state index < -0.39 is 0 Å². The quantitative estimate of drug-likeness (QED) is 0.489. The molecule has 4 aromatic rings. The first kappa shape index (κ1) is 18.3. The van der Waals surface area contributed by atoms with Crippen molar-refractivity contribution in [2.24, 2.45) is 0 Å². The third kappa shape index (κ3) is 3.28. The van der Waals surface area contributed by atoms with E-state index in [1.807, 2.05) is 29.6 Å². The lowest BCUT2D eigenvalue weighted by Crippen LogP contribution is -2.12. The van der Waals surface area contributed by atoms with Crippen molar-refractivity contribution in [3.8, 4) is 22.1 Å². The van der Waals surface area contributed by atoms with Crippen molar-refractivity contribution >= 4 is 50.2 Å². The number of carbonyl (C=O) groups excluding carboxylic acids is 1. The molecule has 1 aromatic carbocycles. The number of aromatic nitrogens is 1. The minimum absolute atomic E-state index is 0.304. The number of rotatable bonds is 5. The first-order valence-corrected chi connectivity index (χ1v) is 10.1. The molecule has 0 aliphatic carbocycles. The minimum atomic E-state index is -0.304. The van der Waals surface area contributed by atoms with E-state index in [-0.39, 0.29) is 5.91 Å². The van der Waals surface area contributed by atoms with E-state index in [1.165, 1.54) is 18.4 Å². The Hall–Kier alpha value is -3.10. The fraction of sp³-hybridized carbons (Fsp3) is 0.100. The molecule has 1 amide bonds. The molecule has 28 heavy (non-hydrogen) atoms. The fourth-order valence-electron chi connectivity index (χ4n) is 2.81. The van der Waals surface area contributed by atoms with E-state index in [4.69, 9.17) is 15.2 Å². The van der Waals surface area contributed by atoms with E-state index in [2.05, 4.69) is 10.3 Å². The van der Waals surface area contributed by atoms with Crippen molar-refractivity contribution < 1.29 is 14.3 Å². The second kappa shape index (κ2) is 7.49. The summed E-state index contributed by atoms with van der Waals surface area (Å²) in [5.41, 5.74) is 8.07. The maximum absolute atomic E-state index is 12.8. The summed E-state index contributed by atoms with van der Waals surface area (Å²) in [6.07, 6.45) is 0. The number of carbonyl (C=O) groups is 1. The number of benzene rings is 1. The number of nitrogens with zero attached hydrogens (tertiary/aromatic N) is 1. The van der Waals surface area contributed by atoms with Crippen LogP contribution < -0.4 is 20.5 Å². The number of nitrogen functional groups attached to an aromatic ring is 1. The van der Waals surface area contributed by atoms with Crippen LogP contribution in [0.5, 0.6) is 11.5 Å². The highest BCUT2D eigenvalue weighted by molar-refractivity contribution is 7.21. The number of nitrogens with one attached hydrogen (secondary N) is 1. The Morgan fingerprint density at radius 1 is 1.14 bits per heavy atom. The van der Waals surface area contributed by atoms with Crippen LogP contribution in [0.2, 0.25) is 0 Å². The number of anilines is 2. The molecule has 0 saturated heterocycles. The van der Waals surface area contributed by atoms with Crippen molar-refractivity contribution in [3.63, 3.8) is 0 Å². The molecule has 6 nitrogen and oxygen atoms in total. The summed E-state index contributed by atoms with van der Waals surface area (Å²) in [6.45, 7) is 0. The smallest absolute Gasteiger partial charge is 0.268 e. The molecule has 142 valence electrons. The van der Waals surface area contributed by atoms with Gasteiger partial charge in [-0.2, -0.15) is 0 Å². The first-order valence-electron chi connectivity index (χ1n) is 8.37. The van der Waals surface area contributed by atoms with Crippen LogP contribution in [0.25, 0.3) is 20.8 Å². The van der Waals surface area contributed by atoms with Crippen LogP contribution in [-0.2, 0) is 0 Å². The molecule has 0 spiro atoms. The van der Waals surface area contributed by atoms with Gasteiger partial charge in [-0.1, -0.05) is 6.07 Å². The van der Waals surface area contributed by atoms with Crippen LogP contribution in [0.3, 0.4) is 0 Å². The lowest BCUT2D eigenvalue weighted by atomic mass is 10.2. The van der Waals surface area contributed by atoms with E-state index in [9.17, 15) is 4.79 Å². The summed E-state index contributed by atoms with van der Waals surface area (Å²) in [5, 5.41) is 5.64. The Labute approximate surface area is 169 Å². The van der Waals surface area contributed by atoms with Gasteiger partial charge in [-0.25, -0.2) is 4.98 Å². The highest BCUT2D eigenvalue weighted by Crippen LogP contribution is 2.36. The van der Waals surface area contributed by atoms with Crippen LogP contribution in [0.1, 0.15) is 9.67 Å². The normalized spacial score (nSPS) is 10.8. The van der Waals surface area contributed by atoms with Crippen molar-refractivity contribution in [1.82, 2.24) is 4.98 Å². The average Bonchev–Trinajstić information content (AvgIpc) is 3.36. The van der Waals surface area contributed by atoms with Gasteiger partial charge in [-0.15, -0.1) is 22.7 Å². The van der Waals surface area contributed by atoms with Gasteiger partial charge in [0.05, 0.1) is 36.2 Å². The number of hydrogen-bond donors (Lipinski definition) is 2. The second-order valence-electron chi connectivity index (χ2n) is 5.89. The van der Waals surface area contributed by atoms with Gasteiger partial charge in [0.1, 0.15) is 21.2 Å². The molecule has 3 N–H and O–H groups in total.